The maximum Gasteiger partial charge on any atom is 0.310 e. The Bertz CT molecular complexity index is 959. The zero-order valence-electron chi connectivity index (χ0n) is 15.0. The Hall–Kier alpha value is -2.74. The maximum atomic E-state index is 13.5. The molecule has 0 unspecified atom stereocenters. The minimum absolute atomic E-state index is 0.282. The summed E-state index contributed by atoms with van der Waals surface area (Å²) in [6.07, 6.45) is 3.01. The quantitative estimate of drug-likeness (QED) is 0.715. The molecular weight excluding hydrogens is 351 g/mol. The molecule has 8 heteroatoms. The van der Waals surface area contributed by atoms with Gasteiger partial charge in [-0.3, -0.25) is 9.69 Å². The lowest BCUT2D eigenvalue weighted by Crippen LogP contribution is -2.45. The highest BCUT2D eigenvalue weighted by Gasteiger charge is 2.42. The van der Waals surface area contributed by atoms with Gasteiger partial charge in [0.15, 0.2) is 0 Å². The van der Waals surface area contributed by atoms with E-state index < -0.39 is 11.4 Å². The summed E-state index contributed by atoms with van der Waals surface area (Å²) in [5.74, 6) is -0.273. The van der Waals surface area contributed by atoms with Gasteiger partial charge in [-0.15, -0.1) is 0 Å². The monoisotopic (exact) mass is 372 g/mol. The van der Waals surface area contributed by atoms with Crippen LogP contribution in [0, 0.1) is 18.2 Å². The molecule has 0 spiro atoms. The van der Waals surface area contributed by atoms with Crippen molar-refractivity contribution < 1.29 is 18.7 Å². The predicted octanol–water partition coefficient (Wildman–Crippen LogP) is 2.91. The number of aliphatic carboxylic acids is 1. The molecule has 0 amide bonds. The first-order valence-electron chi connectivity index (χ1n) is 8.95. The highest BCUT2D eigenvalue weighted by molar-refractivity contribution is 5.82. The van der Waals surface area contributed by atoms with Crippen LogP contribution < -0.4 is 0 Å². The molecule has 0 radical (unpaired) electrons. The molecule has 1 fully saturated rings. The van der Waals surface area contributed by atoms with E-state index in [4.69, 9.17) is 4.42 Å². The second-order valence-electron chi connectivity index (χ2n) is 7.29. The third kappa shape index (κ3) is 3.32. The van der Waals surface area contributed by atoms with Gasteiger partial charge in [0.05, 0.1) is 23.9 Å². The molecule has 1 aromatic carbocycles. The number of hydrogen-bond donors (Lipinski definition) is 2. The largest absolute Gasteiger partial charge is 0.481 e. The number of aromatic nitrogens is 3. The van der Waals surface area contributed by atoms with E-state index in [1.54, 1.807) is 12.3 Å². The molecule has 0 bridgehead atoms. The average molecular weight is 372 g/mol. The van der Waals surface area contributed by atoms with E-state index in [0.717, 1.165) is 16.7 Å². The van der Waals surface area contributed by atoms with Gasteiger partial charge in [-0.1, -0.05) is 0 Å². The summed E-state index contributed by atoms with van der Waals surface area (Å²) in [4.78, 5) is 14.1. The molecule has 3 aromatic rings. The highest BCUT2D eigenvalue weighted by atomic mass is 19.1. The van der Waals surface area contributed by atoms with E-state index in [0.29, 0.717) is 50.2 Å². The summed E-state index contributed by atoms with van der Waals surface area (Å²) in [6.45, 7) is 3.81. The number of fused-ring (bicyclic) bond motifs is 1. The molecule has 7 nitrogen and oxygen atoms in total. The Labute approximate surface area is 155 Å². The van der Waals surface area contributed by atoms with Gasteiger partial charge in [0.1, 0.15) is 17.2 Å². The van der Waals surface area contributed by atoms with Crippen LogP contribution in [0.2, 0.25) is 0 Å². The Morgan fingerprint density at radius 3 is 2.85 bits per heavy atom. The van der Waals surface area contributed by atoms with E-state index in [2.05, 4.69) is 20.3 Å². The van der Waals surface area contributed by atoms with Crippen molar-refractivity contribution in [1.29, 1.82) is 0 Å². The topological polar surface area (TPSA) is 95.2 Å². The van der Waals surface area contributed by atoms with Crippen molar-refractivity contribution in [2.45, 2.75) is 32.7 Å². The lowest BCUT2D eigenvalue weighted by atomic mass is 9.75. The van der Waals surface area contributed by atoms with E-state index >= 15 is 0 Å². The van der Waals surface area contributed by atoms with Crippen LogP contribution >= 0.6 is 0 Å². The van der Waals surface area contributed by atoms with Crippen molar-refractivity contribution in [2.24, 2.45) is 5.41 Å². The second kappa shape index (κ2) is 6.77. The summed E-state index contributed by atoms with van der Waals surface area (Å²) in [5.41, 5.74) is 1.45. The molecule has 0 saturated carbocycles. The summed E-state index contributed by atoms with van der Waals surface area (Å²) in [6, 6.07) is 4.52. The lowest BCUT2D eigenvalue weighted by molar-refractivity contribution is -0.152. The Kier molecular flexibility index (Phi) is 4.43. The van der Waals surface area contributed by atoms with E-state index in [1.165, 1.54) is 12.1 Å². The molecule has 142 valence electrons. The zero-order chi connectivity index (χ0) is 19.0. The number of carboxylic acid groups (broad SMARTS) is 1. The van der Waals surface area contributed by atoms with Crippen LogP contribution in [0.25, 0.3) is 11.0 Å². The molecule has 1 saturated heterocycles. The van der Waals surface area contributed by atoms with Gasteiger partial charge < -0.3 is 9.52 Å². The van der Waals surface area contributed by atoms with Crippen LogP contribution in [0.3, 0.4) is 0 Å². The fraction of sp³-hybridized carbons (Fsp3) is 0.421. The standard InChI is InChI=1S/C19H21FN4O3/c1-12-15-8-13(20)2-3-16(15)27-17(12)11-24-6-4-19(5-7-24,18(25)26)9-14-10-21-23-22-14/h2-3,8,10H,4-7,9,11H2,1H3,(H,25,26)(H,21,22,23). The van der Waals surface area contributed by atoms with Crippen molar-refractivity contribution in [3.63, 3.8) is 0 Å². The molecular formula is C19H21FN4O3. The fourth-order valence-electron chi connectivity index (χ4n) is 3.86. The van der Waals surface area contributed by atoms with Gasteiger partial charge in [-0.05, 0) is 56.6 Å². The molecule has 3 heterocycles. The number of aromatic amines is 1. The van der Waals surface area contributed by atoms with Crippen LogP contribution in [0.5, 0.6) is 0 Å². The highest BCUT2D eigenvalue weighted by Crippen LogP contribution is 2.36. The van der Waals surface area contributed by atoms with E-state index in [9.17, 15) is 14.3 Å². The van der Waals surface area contributed by atoms with Gasteiger partial charge >= 0.3 is 5.97 Å². The molecule has 1 aliphatic heterocycles. The number of aryl methyl sites for hydroxylation is 1. The number of likely N-dealkylation sites (tertiary alicyclic amines) is 1. The SMILES string of the molecule is Cc1c(CN2CCC(Cc3cn[nH]n3)(C(=O)O)CC2)oc2ccc(F)cc12. The maximum absolute atomic E-state index is 13.5. The van der Waals surface area contributed by atoms with E-state index in [-0.39, 0.29) is 5.82 Å². The first-order chi connectivity index (χ1) is 13.0. The Morgan fingerprint density at radius 1 is 1.41 bits per heavy atom. The van der Waals surface area contributed by atoms with Crippen molar-refractivity contribution in [2.75, 3.05) is 13.1 Å². The zero-order valence-corrected chi connectivity index (χ0v) is 15.0. The molecule has 2 N–H and O–H groups in total. The number of benzene rings is 1. The first-order valence-corrected chi connectivity index (χ1v) is 8.95. The smallest absolute Gasteiger partial charge is 0.310 e. The number of rotatable bonds is 5. The van der Waals surface area contributed by atoms with E-state index in [1.807, 2.05) is 6.92 Å². The summed E-state index contributed by atoms with van der Waals surface area (Å²) in [7, 11) is 0. The number of piperidine rings is 1. The molecule has 27 heavy (non-hydrogen) atoms. The summed E-state index contributed by atoms with van der Waals surface area (Å²) in [5, 5.41) is 20.9. The summed E-state index contributed by atoms with van der Waals surface area (Å²) < 4.78 is 19.4. The Morgan fingerprint density at radius 2 is 2.19 bits per heavy atom. The molecule has 4 rings (SSSR count). The normalized spacial score (nSPS) is 17.4. The third-order valence-corrected chi connectivity index (χ3v) is 5.62. The molecule has 0 atom stereocenters. The third-order valence-electron chi connectivity index (χ3n) is 5.62. The fourth-order valence-corrected chi connectivity index (χ4v) is 3.86. The number of H-pyrrole nitrogens is 1. The Balaban J connectivity index is 1.47. The average Bonchev–Trinajstić information content (AvgIpc) is 3.26. The van der Waals surface area contributed by atoms with Crippen molar-refractivity contribution in [1.82, 2.24) is 20.3 Å². The predicted molar refractivity (Wildman–Crippen MR) is 95.6 cm³/mol. The van der Waals surface area contributed by atoms with Gasteiger partial charge in [0, 0.05) is 11.8 Å². The number of carboxylic acids is 1. The molecule has 1 aliphatic rings. The van der Waals surface area contributed by atoms with Crippen LogP contribution in [-0.2, 0) is 17.8 Å². The second-order valence-corrected chi connectivity index (χ2v) is 7.29. The van der Waals surface area contributed by atoms with Gasteiger partial charge in [-0.2, -0.15) is 15.4 Å². The molecule has 2 aromatic heterocycles. The lowest BCUT2D eigenvalue weighted by Gasteiger charge is -2.38. The van der Waals surface area contributed by atoms with Crippen molar-refractivity contribution in [3.05, 3.63) is 47.2 Å². The van der Waals surface area contributed by atoms with Crippen LogP contribution in [-0.4, -0.2) is 44.5 Å². The number of nitrogens with one attached hydrogen (secondary N) is 1. The van der Waals surface area contributed by atoms with Gasteiger partial charge in [0.2, 0.25) is 0 Å². The van der Waals surface area contributed by atoms with Crippen LogP contribution in [0.1, 0.15) is 29.9 Å². The number of carbonyl (C=O) groups is 1. The molecule has 0 aliphatic carbocycles. The van der Waals surface area contributed by atoms with Crippen LogP contribution in [0.15, 0.2) is 28.8 Å². The van der Waals surface area contributed by atoms with Gasteiger partial charge in [0.25, 0.3) is 0 Å². The number of nitrogens with zero attached hydrogens (tertiary/aromatic N) is 3. The van der Waals surface area contributed by atoms with Crippen LogP contribution in [0.4, 0.5) is 4.39 Å². The number of furan rings is 1. The minimum Gasteiger partial charge on any atom is -0.481 e. The first kappa shape index (κ1) is 17.7. The van der Waals surface area contributed by atoms with Crippen molar-refractivity contribution in [3.8, 4) is 0 Å². The summed E-state index contributed by atoms with van der Waals surface area (Å²) >= 11 is 0. The number of halogens is 1. The minimum atomic E-state index is -0.820. The number of hydrogen-bond acceptors (Lipinski definition) is 5. The van der Waals surface area contributed by atoms with Crippen molar-refractivity contribution >= 4 is 16.9 Å². The van der Waals surface area contributed by atoms with Gasteiger partial charge in [-0.25, -0.2) is 4.39 Å².